The standard InChI is InChI=1S/C75H56N2/c1-3-75(4-2)69-49-52(43-47-59(69)60-48-46-58(50-70(60)75)77(55-29-13-7-14-30-55)56-31-15-8-16-32-56)72-63-35-19-23-39-67(63)74(68-40-24-20-36-64(68)72)73-65-37-21-17-33-61(65)71(62-34-18-22-38-66(62)73)51-41-44-57(45-42-51)76(53-25-9-5-10-26-53)54-27-11-6-12-28-54/h5-50H,3-4H2,1-2H3. The van der Waals surface area contributed by atoms with E-state index in [4.69, 9.17) is 0 Å². The summed E-state index contributed by atoms with van der Waals surface area (Å²) in [5.74, 6) is 0. The number of hydrogen-bond donors (Lipinski definition) is 0. The van der Waals surface area contributed by atoms with E-state index in [0.717, 1.165) is 41.3 Å². The summed E-state index contributed by atoms with van der Waals surface area (Å²) in [6.07, 6.45) is 1.99. The maximum absolute atomic E-state index is 2.56. The maximum Gasteiger partial charge on any atom is 0.0465 e. The van der Waals surface area contributed by atoms with Crippen molar-refractivity contribution in [3.8, 4) is 44.5 Å². The molecule has 13 aromatic carbocycles. The second-order valence-corrected chi connectivity index (χ2v) is 20.5. The minimum absolute atomic E-state index is 0.162. The first-order valence-electron chi connectivity index (χ1n) is 27.2. The van der Waals surface area contributed by atoms with Crippen molar-refractivity contribution in [1.29, 1.82) is 0 Å². The number of nitrogens with zero attached hydrogens (tertiary/aromatic N) is 2. The molecule has 0 aromatic heterocycles. The molecule has 2 nitrogen and oxygen atoms in total. The summed E-state index contributed by atoms with van der Waals surface area (Å²) in [5, 5.41) is 9.98. The van der Waals surface area contributed by atoms with Crippen molar-refractivity contribution in [2.75, 3.05) is 9.80 Å². The van der Waals surface area contributed by atoms with Crippen LogP contribution in [-0.4, -0.2) is 0 Å². The molecule has 0 amide bonds. The first-order valence-corrected chi connectivity index (χ1v) is 27.2. The van der Waals surface area contributed by atoms with Crippen LogP contribution in [-0.2, 0) is 5.41 Å². The Kier molecular flexibility index (Phi) is 11.4. The smallest absolute Gasteiger partial charge is 0.0465 e. The van der Waals surface area contributed by atoms with Gasteiger partial charge in [0, 0.05) is 39.5 Å². The summed E-state index contributed by atoms with van der Waals surface area (Å²) in [6, 6.07) is 103. The first kappa shape index (κ1) is 46.1. The summed E-state index contributed by atoms with van der Waals surface area (Å²) in [6.45, 7) is 4.77. The normalized spacial score (nSPS) is 12.5. The van der Waals surface area contributed by atoms with Gasteiger partial charge in [-0.15, -0.1) is 0 Å². The second-order valence-electron chi connectivity index (χ2n) is 20.5. The molecule has 0 saturated carbocycles. The molecule has 0 radical (unpaired) electrons. The van der Waals surface area contributed by atoms with E-state index in [-0.39, 0.29) is 5.41 Å². The number of hydrogen-bond acceptors (Lipinski definition) is 2. The van der Waals surface area contributed by atoms with E-state index in [0.29, 0.717) is 0 Å². The molecule has 1 aliphatic carbocycles. The van der Waals surface area contributed by atoms with Gasteiger partial charge in [-0.1, -0.05) is 214 Å². The van der Waals surface area contributed by atoms with Crippen molar-refractivity contribution < 1.29 is 0 Å². The van der Waals surface area contributed by atoms with Crippen LogP contribution in [0.3, 0.4) is 0 Å². The van der Waals surface area contributed by atoms with E-state index >= 15 is 0 Å². The van der Waals surface area contributed by atoms with Crippen LogP contribution in [0.4, 0.5) is 34.1 Å². The van der Waals surface area contributed by atoms with E-state index in [1.807, 2.05) is 0 Å². The van der Waals surface area contributed by atoms with Crippen molar-refractivity contribution in [2.45, 2.75) is 32.1 Å². The summed E-state index contributed by atoms with van der Waals surface area (Å²) < 4.78 is 0. The van der Waals surface area contributed by atoms with Crippen molar-refractivity contribution in [2.24, 2.45) is 0 Å². The average Bonchev–Trinajstić information content (AvgIpc) is 3.79. The van der Waals surface area contributed by atoms with Crippen molar-refractivity contribution in [3.63, 3.8) is 0 Å². The zero-order valence-corrected chi connectivity index (χ0v) is 43.4. The van der Waals surface area contributed by atoms with Gasteiger partial charge in [-0.05, 0) is 190 Å². The van der Waals surface area contributed by atoms with E-state index in [1.54, 1.807) is 0 Å². The first-order chi connectivity index (χ1) is 38.1. The third-order valence-electron chi connectivity index (χ3n) is 16.7. The molecular weight excluding hydrogens is 929 g/mol. The molecular formula is C75H56N2. The van der Waals surface area contributed by atoms with Gasteiger partial charge in [0.25, 0.3) is 0 Å². The molecule has 13 aromatic rings. The molecule has 0 unspecified atom stereocenters. The average molecular weight is 985 g/mol. The van der Waals surface area contributed by atoms with E-state index in [2.05, 4.69) is 303 Å². The van der Waals surface area contributed by atoms with Gasteiger partial charge in [0.05, 0.1) is 0 Å². The van der Waals surface area contributed by atoms with Gasteiger partial charge >= 0.3 is 0 Å². The quantitative estimate of drug-likeness (QED) is 0.119. The molecule has 0 bridgehead atoms. The Morgan fingerprint density at radius 3 is 0.896 bits per heavy atom. The number of rotatable bonds is 11. The maximum atomic E-state index is 2.56. The molecule has 2 heteroatoms. The SMILES string of the molecule is CCC1(CC)c2cc(-c3c4ccccc4c(-c4c5ccccc5c(-c5ccc(N(c6ccccc6)c6ccccc6)cc5)c5ccccc45)c4ccccc34)ccc2-c2ccc(N(c3ccccc3)c3ccccc3)cc21. The van der Waals surface area contributed by atoms with Gasteiger partial charge in [0.1, 0.15) is 0 Å². The van der Waals surface area contributed by atoms with Crippen molar-refractivity contribution in [3.05, 3.63) is 290 Å². The van der Waals surface area contributed by atoms with Crippen LogP contribution in [0, 0.1) is 0 Å². The fourth-order valence-electron chi connectivity index (χ4n) is 13.2. The third kappa shape index (κ3) is 7.47. The second kappa shape index (κ2) is 19.0. The molecule has 0 saturated heterocycles. The van der Waals surface area contributed by atoms with Crippen LogP contribution in [0.2, 0.25) is 0 Å². The summed E-state index contributed by atoms with van der Waals surface area (Å²) in [4.78, 5) is 4.73. The van der Waals surface area contributed by atoms with Crippen LogP contribution < -0.4 is 9.80 Å². The topological polar surface area (TPSA) is 6.48 Å². The van der Waals surface area contributed by atoms with Gasteiger partial charge in [-0.2, -0.15) is 0 Å². The number of benzene rings is 13. The van der Waals surface area contributed by atoms with Crippen LogP contribution in [0.1, 0.15) is 37.8 Å². The minimum atomic E-state index is -0.162. The molecule has 0 aliphatic heterocycles. The highest BCUT2D eigenvalue weighted by atomic mass is 15.1. The third-order valence-corrected chi connectivity index (χ3v) is 16.7. The fourth-order valence-corrected chi connectivity index (χ4v) is 13.2. The van der Waals surface area contributed by atoms with Gasteiger partial charge in [0.15, 0.2) is 0 Å². The van der Waals surface area contributed by atoms with Gasteiger partial charge in [0.2, 0.25) is 0 Å². The Hall–Kier alpha value is -9.50. The molecule has 0 spiro atoms. The summed E-state index contributed by atoms with van der Waals surface area (Å²) in [5.41, 5.74) is 19.7. The van der Waals surface area contributed by atoms with Crippen LogP contribution >= 0.6 is 0 Å². The molecule has 0 N–H and O–H groups in total. The fraction of sp³-hybridized carbons (Fsp3) is 0.0667. The van der Waals surface area contributed by atoms with Crippen molar-refractivity contribution >= 4 is 77.2 Å². The van der Waals surface area contributed by atoms with Crippen LogP contribution in [0.5, 0.6) is 0 Å². The molecule has 0 atom stereocenters. The van der Waals surface area contributed by atoms with Gasteiger partial charge in [-0.3, -0.25) is 0 Å². The van der Waals surface area contributed by atoms with E-state index < -0.39 is 0 Å². The molecule has 366 valence electrons. The predicted molar refractivity (Wildman–Crippen MR) is 329 cm³/mol. The van der Waals surface area contributed by atoms with Crippen LogP contribution in [0.25, 0.3) is 87.6 Å². The molecule has 14 rings (SSSR count). The van der Waals surface area contributed by atoms with E-state index in [1.165, 1.54) is 104 Å². The monoisotopic (exact) mass is 984 g/mol. The van der Waals surface area contributed by atoms with Crippen molar-refractivity contribution in [1.82, 2.24) is 0 Å². The summed E-state index contributed by atoms with van der Waals surface area (Å²) >= 11 is 0. The minimum Gasteiger partial charge on any atom is -0.311 e. The zero-order valence-electron chi connectivity index (χ0n) is 43.4. The van der Waals surface area contributed by atoms with E-state index in [9.17, 15) is 0 Å². The number of anilines is 6. The lowest BCUT2D eigenvalue weighted by atomic mass is 9.73. The summed E-state index contributed by atoms with van der Waals surface area (Å²) in [7, 11) is 0. The Morgan fingerprint density at radius 2 is 0.519 bits per heavy atom. The highest BCUT2D eigenvalue weighted by Crippen LogP contribution is 2.57. The lowest BCUT2D eigenvalue weighted by molar-refractivity contribution is 0.490. The lowest BCUT2D eigenvalue weighted by Crippen LogP contribution is -2.23. The Morgan fingerprint density at radius 1 is 0.247 bits per heavy atom. The number of fused-ring (bicyclic) bond motifs is 7. The van der Waals surface area contributed by atoms with Gasteiger partial charge < -0.3 is 9.80 Å². The Bertz CT molecular complexity index is 4140. The van der Waals surface area contributed by atoms with Crippen LogP contribution in [0.15, 0.2) is 279 Å². The lowest BCUT2D eigenvalue weighted by Gasteiger charge is -2.32. The molecule has 0 fully saturated rings. The molecule has 1 aliphatic rings. The van der Waals surface area contributed by atoms with Gasteiger partial charge in [-0.25, -0.2) is 0 Å². The predicted octanol–water partition coefficient (Wildman–Crippen LogP) is 21.3. The zero-order chi connectivity index (χ0) is 51.5. The Labute approximate surface area is 451 Å². The largest absolute Gasteiger partial charge is 0.311 e. The molecule has 0 heterocycles. The molecule has 77 heavy (non-hydrogen) atoms. The highest BCUT2D eigenvalue weighted by Gasteiger charge is 2.41. The Balaban J connectivity index is 0.934. The number of para-hydroxylation sites is 4. The highest BCUT2D eigenvalue weighted by molar-refractivity contribution is 6.30.